The second-order valence-electron chi connectivity index (χ2n) is 7.02. The molecule has 0 atom stereocenters. The quantitative estimate of drug-likeness (QED) is 0.802. The minimum Gasteiger partial charge on any atom is -0.338 e. The second kappa shape index (κ2) is 8.70. The lowest BCUT2D eigenvalue weighted by molar-refractivity contribution is 0.0611. The van der Waals surface area contributed by atoms with Crippen molar-refractivity contribution < 1.29 is 4.79 Å². The first-order valence-corrected chi connectivity index (χ1v) is 9.51. The molecule has 0 aliphatic carbocycles. The first-order chi connectivity index (χ1) is 11.7. The van der Waals surface area contributed by atoms with Crippen LogP contribution < -0.4 is 5.32 Å². The van der Waals surface area contributed by atoms with Crippen LogP contribution in [0.1, 0.15) is 34.6 Å². The van der Waals surface area contributed by atoms with E-state index in [9.17, 15) is 4.79 Å². The van der Waals surface area contributed by atoms with Gasteiger partial charge in [-0.1, -0.05) is 30.3 Å². The number of hydrogen-bond acceptors (Lipinski definition) is 4. The van der Waals surface area contributed by atoms with Gasteiger partial charge in [-0.15, -0.1) is 36.2 Å². The van der Waals surface area contributed by atoms with Crippen LogP contribution in [0.4, 0.5) is 0 Å². The van der Waals surface area contributed by atoms with E-state index >= 15 is 0 Å². The standard InChI is InChI=1S/C19H23N3OS.2ClH/c1-14-16(24-17(21-14)15-5-3-2-4-6-15)18(23)22-11-8-19(9-12-22)7-10-20-13-19;;/h2-6,20H,7-13H2,1H3;2*1H. The number of benzene rings is 1. The number of halogens is 2. The van der Waals surface area contributed by atoms with Gasteiger partial charge in [-0.3, -0.25) is 4.79 Å². The van der Waals surface area contributed by atoms with E-state index in [1.54, 1.807) is 0 Å². The molecule has 0 radical (unpaired) electrons. The van der Waals surface area contributed by atoms with Crippen LogP contribution in [0.25, 0.3) is 10.6 Å². The number of thiazole rings is 1. The van der Waals surface area contributed by atoms with Gasteiger partial charge in [-0.25, -0.2) is 4.98 Å². The molecule has 0 saturated carbocycles. The molecule has 2 aromatic rings. The first kappa shape index (κ1) is 21.2. The van der Waals surface area contributed by atoms with E-state index in [1.807, 2.05) is 42.2 Å². The molecule has 1 N–H and O–H groups in total. The zero-order valence-corrected chi connectivity index (χ0v) is 17.3. The number of aryl methyl sites for hydroxylation is 1. The summed E-state index contributed by atoms with van der Waals surface area (Å²) in [5.74, 6) is 0.160. The van der Waals surface area contributed by atoms with Crippen molar-refractivity contribution >= 4 is 42.1 Å². The number of carbonyl (C=O) groups excluding carboxylic acids is 1. The third-order valence-corrected chi connectivity index (χ3v) is 6.65. The zero-order valence-electron chi connectivity index (χ0n) is 14.9. The molecule has 1 aromatic heterocycles. The number of rotatable bonds is 2. The highest BCUT2D eigenvalue weighted by Gasteiger charge is 2.38. The fourth-order valence-corrected chi connectivity index (χ4v) is 4.89. The van der Waals surface area contributed by atoms with Crippen LogP contribution in [0.3, 0.4) is 0 Å². The Hall–Kier alpha value is -1.14. The molecular weight excluding hydrogens is 389 g/mol. The molecule has 0 unspecified atom stereocenters. The SMILES string of the molecule is Cc1nc(-c2ccccc2)sc1C(=O)N1CCC2(CCNC2)CC1.Cl.Cl. The number of amides is 1. The van der Waals surface area contributed by atoms with E-state index in [0.29, 0.717) is 5.41 Å². The number of likely N-dealkylation sites (tertiary alicyclic amines) is 1. The van der Waals surface area contributed by atoms with E-state index in [1.165, 1.54) is 17.8 Å². The molecule has 4 nitrogen and oxygen atoms in total. The molecular formula is C19H25Cl2N3OS. The van der Waals surface area contributed by atoms with Crippen molar-refractivity contribution in [2.24, 2.45) is 5.41 Å². The lowest BCUT2D eigenvalue weighted by Gasteiger charge is -2.38. The number of nitrogens with one attached hydrogen (secondary N) is 1. The monoisotopic (exact) mass is 413 g/mol. The van der Waals surface area contributed by atoms with Gasteiger partial charge < -0.3 is 10.2 Å². The molecule has 1 spiro atoms. The largest absolute Gasteiger partial charge is 0.338 e. The third-order valence-electron chi connectivity index (χ3n) is 5.45. The molecule has 2 aliphatic rings. The Morgan fingerprint density at radius 2 is 1.85 bits per heavy atom. The van der Waals surface area contributed by atoms with Gasteiger partial charge in [0.05, 0.1) is 5.69 Å². The summed E-state index contributed by atoms with van der Waals surface area (Å²) in [5.41, 5.74) is 2.38. The lowest BCUT2D eigenvalue weighted by Crippen LogP contribution is -2.44. The smallest absolute Gasteiger partial charge is 0.265 e. The summed E-state index contributed by atoms with van der Waals surface area (Å²) in [5, 5.41) is 4.41. The van der Waals surface area contributed by atoms with E-state index in [2.05, 4.69) is 10.3 Å². The summed E-state index contributed by atoms with van der Waals surface area (Å²) < 4.78 is 0. The average Bonchev–Trinajstić information content (AvgIpc) is 3.23. The Bertz CT molecular complexity index is 734. The number of carbonyl (C=O) groups is 1. The number of aromatic nitrogens is 1. The maximum absolute atomic E-state index is 12.9. The van der Waals surface area contributed by atoms with Gasteiger partial charge in [-0.2, -0.15) is 0 Å². The van der Waals surface area contributed by atoms with Crippen LogP contribution >= 0.6 is 36.2 Å². The summed E-state index contributed by atoms with van der Waals surface area (Å²) in [7, 11) is 0. The van der Waals surface area contributed by atoms with E-state index in [-0.39, 0.29) is 30.7 Å². The van der Waals surface area contributed by atoms with Crippen molar-refractivity contribution in [3.8, 4) is 10.6 Å². The van der Waals surface area contributed by atoms with Gasteiger partial charge in [-0.05, 0) is 38.1 Å². The molecule has 2 fully saturated rings. The fraction of sp³-hybridized carbons (Fsp3) is 0.474. The molecule has 7 heteroatoms. The van der Waals surface area contributed by atoms with Crippen molar-refractivity contribution in [2.45, 2.75) is 26.2 Å². The minimum absolute atomic E-state index is 0. The lowest BCUT2D eigenvalue weighted by atomic mass is 9.78. The number of piperidine rings is 1. The summed E-state index contributed by atoms with van der Waals surface area (Å²) in [4.78, 5) is 20.4. The zero-order chi connectivity index (χ0) is 16.6. The van der Waals surface area contributed by atoms with Crippen LogP contribution in [0, 0.1) is 12.3 Å². The molecule has 1 aromatic carbocycles. The van der Waals surface area contributed by atoms with Crippen LogP contribution in [0.15, 0.2) is 30.3 Å². The van der Waals surface area contributed by atoms with Gasteiger partial charge in [0.25, 0.3) is 5.91 Å². The second-order valence-corrected chi connectivity index (χ2v) is 8.02. The summed E-state index contributed by atoms with van der Waals surface area (Å²) >= 11 is 1.52. The van der Waals surface area contributed by atoms with Gasteiger partial charge >= 0.3 is 0 Å². The highest BCUT2D eigenvalue weighted by Crippen LogP contribution is 2.38. The Morgan fingerprint density at radius 1 is 1.15 bits per heavy atom. The van der Waals surface area contributed by atoms with Gasteiger partial charge in [0, 0.05) is 25.2 Å². The number of hydrogen-bond donors (Lipinski definition) is 1. The van der Waals surface area contributed by atoms with Crippen molar-refractivity contribution in [3.63, 3.8) is 0 Å². The Morgan fingerprint density at radius 3 is 2.46 bits per heavy atom. The number of nitrogens with zero attached hydrogens (tertiary/aromatic N) is 2. The minimum atomic E-state index is 0. The maximum Gasteiger partial charge on any atom is 0.265 e. The average molecular weight is 414 g/mol. The normalized spacial score (nSPS) is 18.3. The molecule has 4 rings (SSSR count). The molecule has 2 aliphatic heterocycles. The van der Waals surface area contributed by atoms with Crippen LogP contribution in [-0.2, 0) is 0 Å². The van der Waals surface area contributed by atoms with Crippen molar-refractivity contribution in [1.82, 2.24) is 15.2 Å². The summed E-state index contributed by atoms with van der Waals surface area (Å²) in [6.07, 6.45) is 3.50. The summed E-state index contributed by atoms with van der Waals surface area (Å²) in [6.45, 7) is 5.94. The Labute approximate surface area is 171 Å². The third kappa shape index (κ3) is 4.06. The Kier molecular flexibility index (Phi) is 7.08. The van der Waals surface area contributed by atoms with Crippen LogP contribution in [0.5, 0.6) is 0 Å². The van der Waals surface area contributed by atoms with Gasteiger partial charge in [0.15, 0.2) is 0 Å². The predicted molar refractivity (Wildman–Crippen MR) is 112 cm³/mol. The van der Waals surface area contributed by atoms with Crippen molar-refractivity contribution in [2.75, 3.05) is 26.2 Å². The maximum atomic E-state index is 12.9. The summed E-state index contributed by atoms with van der Waals surface area (Å²) in [6, 6.07) is 10.1. The van der Waals surface area contributed by atoms with Crippen molar-refractivity contribution in [3.05, 3.63) is 40.9 Å². The first-order valence-electron chi connectivity index (χ1n) is 8.70. The highest BCUT2D eigenvalue weighted by atomic mass is 35.5. The molecule has 1 amide bonds. The molecule has 142 valence electrons. The molecule has 26 heavy (non-hydrogen) atoms. The van der Waals surface area contributed by atoms with Gasteiger partial charge in [0.1, 0.15) is 9.88 Å². The fourth-order valence-electron chi connectivity index (χ4n) is 3.85. The topological polar surface area (TPSA) is 45.2 Å². The van der Waals surface area contributed by atoms with E-state index in [0.717, 1.165) is 60.2 Å². The van der Waals surface area contributed by atoms with E-state index < -0.39 is 0 Å². The highest BCUT2D eigenvalue weighted by molar-refractivity contribution is 7.17. The molecule has 3 heterocycles. The Balaban J connectivity index is 0.00000121. The predicted octanol–water partition coefficient (Wildman–Crippen LogP) is 4.18. The van der Waals surface area contributed by atoms with E-state index in [4.69, 9.17) is 0 Å². The molecule has 2 saturated heterocycles. The van der Waals surface area contributed by atoms with Crippen LogP contribution in [-0.4, -0.2) is 42.0 Å². The van der Waals surface area contributed by atoms with Crippen LogP contribution in [0.2, 0.25) is 0 Å². The molecule has 0 bridgehead atoms. The van der Waals surface area contributed by atoms with Crippen molar-refractivity contribution in [1.29, 1.82) is 0 Å². The van der Waals surface area contributed by atoms with Gasteiger partial charge in [0.2, 0.25) is 0 Å².